The number of anilines is 2. The molecule has 30 heavy (non-hydrogen) atoms. The van der Waals surface area contributed by atoms with Crippen molar-refractivity contribution in [3.05, 3.63) is 47.1 Å². The van der Waals surface area contributed by atoms with Gasteiger partial charge in [-0.1, -0.05) is 12.1 Å². The smallest absolute Gasteiger partial charge is 0.226 e. The summed E-state index contributed by atoms with van der Waals surface area (Å²) in [5.74, 6) is 2.64. The summed E-state index contributed by atoms with van der Waals surface area (Å²) in [6, 6.07) is 10.1. The summed E-state index contributed by atoms with van der Waals surface area (Å²) in [5.41, 5.74) is 3.23. The van der Waals surface area contributed by atoms with E-state index in [-0.39, 0.29) is 0 Å². The third-order valence-electron chi connectivity index (χ3n) is 5.18. The Kier molecular flexibility index (Phi) is 6.15. The second-order valence-corrected chi connectivity index (χ2v) is 8.56. The van der Waals surface area contributed by atoms with E-state index in [4.69, 9.17) is 14.7 Å². The van der Waals surface area contributed by atoms with Crippen molar-refractivity contribution in [1.82, 2.24) is 19.9 Å². The Morgan fingerprint density at radius 2 is 1.87 bits per heavy atom. The molecule has 0 N–H and O–H groups in total. The summed E-state index contributed by atoms with van der Waals surface area (Å²) in [7, 11) is 5.64. The normalized spacial score (nSPS) is 14.7. The number of hydrogen-bond acceptors (Lipinski definition) is 8. The first kappa shape index (κ1) is 20.6. The van der Waals surface area contributed by atoms with Crippen LogP contribution in [0.3, 0.4) is 0 Å². The molecule has 3 heterocycles. The van der Waals surface area contributed by atoms with Crippen molar-refractivity contribution in [3.8, 4) is 16.3 Å². The summed E-state index contributed by atoms with van der Waals surface area (Å²) in [5, 5.41) is 3.20. The Bertz CT molecular complexity index is 997. The Labute approximate surface area is 182 Å². The van der Waals surface area contributed by atoms with Gasteiger partial charge < -0.3 is 14.5 Å². The van der Waals surface area contributed by atoms with E-state index in [1.807, 2.05) is 44.1 Å². The van der Waals surface area contributed by atoms with E-state index in [0.29, 0.717) is 0 Å². The third kappa shape index (κ3) is 4.71. The highest BCUT2D eigenvalue weighted by Crippen LogP contribution is 2.27. The van der Waals surface area contributed by atoms with Gasteiger partial charge in [0.1, 0.15) is 16.6 Å². The molecule has 1 aliphatic rings. The molecule has 0 bridgehead atoms. The largest absolute Gasteiger partial charge is 0.497 e. The van der Waals surface area contributed by atoms with Crippen LogP contribution in [-0.4, -0.2) is 67.2 Å². The topological polar surface area (TPSA) is 57.6 Å². The molecule has 0 amide bonds. The standard InChI is InChI=1S/C22H28N6OS/c1-16-12-20(25-22(23-16)26(2)3)28-10-8-27(9-11-28)14-18-15-30-21(24-18)17-6-5-7-19(13-17)29-4/h5-7,12-13,15H,8-11,14H2,1-4H3. The number of methoxy groups -OCH3 is 1. The number of ether oxygens (including phenoxy) is 1. The van der Waals surface area contributed by atoms with Gasteiger partial charge in [0, 0.05) is 69.5 Å². The molecule has 1 saturated heterocycles. The molecular formula is C22H28N6OS. The maximum atomic E-state index is 5.33. The van der Waals surface area contributed by atoms with E-state index in [1.54, 1.807) is 18.4 Å². The second-order valence-electron chi connectivity index (χ2n) is 7.70. The molecule has 1 fully saturated rings. The number of nitrogens with zero attached hydrogens (tertiary/aromatic N) is 6. The number of aryl methyl sites for hydroxylation is 1. The molecule has 0 aliphatic carbocycles. The predicted molar refractivity (Wildman–Crippen MR) is 123 cm³/mol. The maximum absolute atomic E-state index is 5.33. The van der Waals surface area contributed by atoms with Crippen molar-refractivity contribution in [2.24, 2.45) is 0 Å². The van der Waals surface area contributed by atoms with E-state index < -0.39 is 0 Å². The molecule has 4 rings (SSSR count). The lowest BCUT2D eigenvalue weighted by Gasteiger charge is -2.35. The van der Waals surface area contributed by atoms with Crippen LogP contribution in [0.4, 0.5) is 11.8 Å². The molecule has 158 valence electrons. The van der Waals surface area contributed by atoms with Crippen molar-refractivity contribution < 1.29 is 4.74 Å². The molecule has 1 aliphatic heterocycles. The van der Waals surface area contributed by atoms with Crippen LogP contribution in [0.2, 0.25) is 0 Å². The van der Waals surface area contributed by atoms with Crippen LogP contribution in [-0.2, 0) is 6.54 Å². The van der Waals surface area contributed by atoms with Crippen LogP contribution in [0.15, 0.2) is 35.7 Å². The molecule has 0 spiro atoms. The molecule has 7 nitrogen and oxygen atoms in total. The minimum Gasteiger partial charge on any atom is -0.497 e. The lowest BCUT2D eigenvalue weighted by atomic mass is 10.2. The average molecular weight is 425 g/mol. The van der Waals surface area contributed by atoms with Crippen LogP contribution in [0.25, 0.3) is 10.6 Å². The van der Waals surface area contributed by atoms with Crippen LogP contribution >= 0.6 is 11.3 Å². The van der Waals surface area contributed by atoms with Crippen LogP contribution < -0.4 is 14.5 Å². The molecule has 2 aromatic heterocycles. The zero-order valence-electron chi connectivity index (χ0n) is 18.0. The molecular weight excluding hydrogens is 396 g/mol. The molecule has 1 aromatic carbocycles. The van der Waals surface area contributed by atoms with Crippen molar-refractivity contribution in [3.63, 3.8) is 0 Å². The fourth-order valence-electron chi connectivity index (χ4n) is 3.53. The summed E-state index contributed by atoms with van der Waals surface area (Å²) in [6.45, 7) is 6.79. The van der Waals surface area contributed by atoms with Gasteiger partial charge in [-0.25, -0.2) is 9.97 Å². The van der Waals surface area contributed by atoms with Gasteiger partial charge in [0.05, 0.1) is 12.8 Å². The number of aromatic nitrogens is 3. The number of piperazine rings is 1. The van der Waals surface area contributed by atoms with E-state index in [2.05, 4.69) is 32.3 Å². The lowest BCUT2D eigenvalue weighted by molar-refractivity contribution is 0.247. The molecule has 0 unspecified atom stereocenters. The summed E-state index contributed by atoms with van der Waals surface area (Å²) < 4.78 is 5.33. The number of hydrogen-bond donors (Lipinski definition) is 0. The second kappa shape index (κ2) is 8.97. The highest BCUT2D eigenvalue weighted by molar-refractivity contribution is 7.13. The van der Waals surface area contributed by atoms with Gasteiger partial charge in [0.2, 0.25) is 5.95 Å². The molecule has 0 atom stereocenters. The van der Waals surface area contributed by atoms with Gasteiger partial charge in [-0.05, 0) is 19.1 Å². The van der Waals surface area contributed by atoms with Crippen molar-refractivity contribution in [1.29, 1.82) is 0 Å². The monoisotopic (exact) mass is 424 g/mol. The Hall–Kier alpha value is -2.71. The predicted octanol–water partition coefficient (Wildman–Crippen LogP) is 3.31. The zero-order chi connectivity index (χ0) is 21.1. The van der Waals surface area contributed by atoms with Gasteiger partial charge in [-0.15, -0.1) is 11.3 Å². The summed E-state index contributed by atoms with van der Waals surface area (Å²) in [4.78, 5) is 20.8. The quantitative estimate of drug-likeness (QED) is 0.602. The Balaban J connectivity index is 1.37. The van der Waals surface area contributed by atoms with Crippen molar-refractivity contribution in [2.75, 3.05) is 57.2 Å². The zero-order valence-corrected chi connectivity index (χ0v) is 18.8. The number of benzene rings is 1. The highest BCUT2D eigenvalue weighted by Gasteiger charge is 2.20. The fourth-order valence-corrected chi connectivity index (χ4v) is 4.34. The van der Waals surface area contributed by atoms with Gasteiger partial charge in [-0.3, -0.25) is 4.90 Å². The fraction of sp³-hybridized carbons (Fsp3) is 0.409. The Morgan fingerprint density at radius 3 is 2.60 bits per heavy atom. The van der Waals surface area contributed by atoms with Gasteiger partial charge in [0.15, 0.2) is 0 Å². The van der Waals surface area contributed by atoms with Crippen molar-refractivity contribution in [2.45, 2.75) is 13.5 Å². The molecule has 0 saturated carbocycles. The summed E-state index contributed by atoms with van der Waals surface area (Å²) >= 11 is 1.69. The van der Waals surface area contributed by atoms with Crippen molar-refractivity contribution >= 4 is 23.1 Å². The minimum absolute atomic E-state index is 0.764. The minimum atomic E-state index is 0.764. The SMILES string of the molecule is COc1cccc(-c2nc(CN3CCN(c4cc(C)nc(N(C)C)n4)CC3)cs2)c1. The highest BCUT2D eigenvalue weighted by atomic mass is 32.1. The van der Waals surface area contributed by atoms with E-state index in [0.717, 1.165) is 72.2 Å². The van der Waals surface area contributed by atoms with Gasteiger partial charge in [0.25, 0.3) is 0 Å². The molecule has 3 aromatic rings. The van der Waals surface area contributed by atoms with Crippen LogP contribution in [0.1, 0.15) is 11.4 Å². The van der Waals surface area contributed by atoms with Crippen LogP contribution in [0.5, 0.6) is 5.75 Å². The first-order valence-corrected chi connectivity index (χ1v) is 11.0. The molecule has 8 heteroatoms. The maximum Gasteiger partial charge on any atom is 0.226 e. The average Bonchev–Trinajstić information content (AvgIpc) is 3.22. The van der Waals surface area contributed by atoms with Gasteiger partial charge in [-0.2, -0.15) is 4.98 Å². The number of rotatable bonds is 6. The number of thiazole rings is 1. The summed E-state index contributed by atoms with van der Waals surface area (Å²) in [6.07, 6.45) is 0. The Morgan fingerprint density at radius 1 is 1.07 bits per heavy atom. The first-order valence-electron chi connectivity index (χ1n) is 10.1. The molecule has 0 radical (unpaired) electrons. The third-order valence-corrected chi connectivity index (χ3v) is 6.12. The first-order chi connectivity index (χ1) is 14.5. The van der Waals surface area contributed by atoms with Crippen LogP contribution in [0, 0.1) is 6.92 Å². The lowest BCUT2D eigenvalue weighted by Crippen LogP contribution is -2.46. The van der Waals surface area contributed by atoms with E-state index >= 15 is 0 Å². The van der Waals surface area contributed by atoms with E-state index in [1.165, 1.54) is 0 Å². The van der Waals surface area contributed by atoms with E-state index in [9.17, 15) is 0 Å². The van der Waals surface area contributed by atoms with Gasteiger partial charge >= 0.3 is 0 Å².